The largest absolute Gasteiger partial charge is 0.496 e. The number of nitrogens with one attached hydrogen (secondary N) is 1. The first-order valence-electron chi connectivity index (χ1n) is 9.25. The van der Waals surface area contributed by atoms with Crippen LogP contribution < -0.4 is 10.1 Å². The molecule has 3 rings (SSSR count). The summed E-state index contributed by atoms with van der Waals surface area (Å²) in [5.41, 5.74) is 2.76. The van der Waals surface area contributed by atoms with Crippen LogP contribution >= 0.6 is 11.8 Å². The van der Waals surface area contributed by atoms with E-state index < -0.39 is 0 Å². The number of aromatic nitrogens is 3. The number of nitrogens with zero attached hydrogens (tertiary/aromatic N) is 3. The van der Waals surface area contributed by atoms with E-state index in [2.05, 4.69) is 22.1 Å². The van der Waals surface area contributed by atoms with Gasteiger partial charge in [-0.2, -0.15) is 0 Å². The van der Waals surface area contributed by atoms with Crippen LogP contribution in [0.25, 0.3) is 11.4 Å². The maximum atomic E-state index is 12.6. The molecule has 1 atom stereocenters. The third-order valence-electron chi connectivity index (χ3n) is 4.35. The molecule has 0 unspecified atom stereocenters. The van der Waals surface area contributed by atoms with Gasteiger partial charge in [0.15, 0.2) is 11.0 Å². The third kappa shape index (κ3) is 4.86. The number of amides is 1. The van der Waals surface area contributed by atoms with Crippen molar-refractivity contribution in [2.24, 2.45) is 0 Å². The zero-order chi connectivity index (χ0) is 20.8. The highest BCUT2D eigenvalue weighted by molar-refractivity contribution is 8.00. The van der Waals surface area contributed by atoms with Gasteiger partial charge in [0.1, 0.15) is 5.75 Å². The summed E-state index contributed by atoms with van der Waals surface area (Å²) in [5.74, 6) is 1.30. The number of methoxy groups -OCH3 is 1. The van der Waals surface area contributed by atoms with Crippen molar-refractivity contribution < 1.29 is 9.53 Å². The molecule has 1 N–H and O–H groups in total. The molecular formula is C22H24N4O2S. The minimum absolute atomic E-state index is 0.0918. The highest BCUT2D eigenvalue weighted by Gasteiger charge is 2.21. The molecule has 0 saturated heterocycles. The zero-order valence-corrected chi connectivity index (χ0v) is 17.6. The molecule has 3 aromatic rings. The number of anilines is 1. The standard InChI is InChI=1S/C22H24N4O2S/c1-5-14-26-20(18-8-6-7-9-19(18)28-4)24-25-22(26)29-16(3)21(27)23-17-12-10-15(2)11-13-17/h5-13,16H,1,14H2,2-4H3,(H,23,27)/t16-/m0/s1. The summed E-state index contributed by atoms with van der Waals surface area (Å²) in [6.45, 7) is 8.22. The van der Waals surface area contributed by atoms with Crippen molar-refractivity contribution >= 4 is 23.4 Å². The van der Waals surface area contributed by atoms with Crippen LogP contribution in [0.4, 0.5) is 5.69 Å². The van der Waals surface area contributed by atoms with Crippen molar-refractivity contribution in [3.05, 3.63) is 66.7 Å². The summed E-state index contributed by atoms with van der Waals surface area (Å²) in [6.07, 6.45) is 1.78. The van der Waals surface area contributed by atoms with Crippen LogP contribution in [0.1, 0.15) is 12.5 Å². The quantitative estimate of drug-likeness (QED) is 0.437. The highest BCUT2D eigenvalue weighted by atomic mass is 32.2. The van der Waals surface area contributed by atoms with Gasteiger partial charge in [-0.15, -0.1) is 16.8 Å². The van der Waals surface area contributed by atoms with Gasteiger partial charge in [0.2, 0.25) is 5.91 Å². The average Bonchev–Trinajstić information content (AvgIpc) is 3.12. The number of benzene rings is 2. The predicted octanol–water partition coefficient (Wildman–Crippen LogP) is 4.57. The minimum atomic E-state index is -0.352. The van der Waals surface area contributed by atoms with E-state index in [4.69, 9.17) is 4.74 Å². The molecule has 150 valence electrons. The number of carbonyl (C=O) groups is 1. The molecule has 1 amide bonds. The second-order valence-corrected chi connectivity index (χ2v) is 7.83. The molecule has 2 aromatic carbocycles. The van der Waals surface area contributed by atoms with Crippen molar-refractivity contribution in [3.63, 3.8) is 0 Å². The van der Waals surface area contributed by atoms with Crippen molar-refractivity contribution in [1.29, 1.82) is 0 Å². The molecule has 0 saturated carbocycles. The van der Waals surface area contributed by atoms with Gasteiger partial charge in [0, 0.05) is 12.2 Å². The molecule has 0 bridgehead atoms. The highest BCUT2D eigenvalue weighted by Crippen LogP contribution is 2.32. The van der Waals surface area contributed by atoms with Crippen molar-refractivity contribution in [2.75, 3.05) is 12.4 Å². The fourth-order valence-corrected chi connectivity index (χ4v) is 3.65. The van der Waals surface area contributed by atoms with Crippen LogP contribution in [0.2, 0.25) is 0 Å². The number of carbonyl (C=O) groups excluding carboxylic acids is 1. The molecule has 29 heavy (non-hydrogen) atoms. The van der Waals surface area contributed by atoms with Crippen molar-refractivity contribution in [3.8, 4) is 17.1 Å². The lowest BCUT2D eigenvalue weighted by molar-refractivity contribution is -0.115. The first-order chi connectivity index (χ1) is 14.0. The Hall–Kier alpha value is -3.06. The van der Waals surface area contributed by atoms with Crippen LogP contribution in [0.5, 0.6) is 5.75 Å². The van der Waals surface area contributed by atoms with Crippen molar-refractivity contribution in [1.82, 2.24) is 14.8 Å². The molecular weight excluding hydrogens is 384 g/mol. The summed E-state index contributed by atoms with van der Waals surface area (Å²) in [7, 11) is 1.63. The first kappa shape index (κ1) is 20.7. The number of para-hydroxylation sites is 1. The number of rotatable bonds is 8. The second-order valence-electron chi connectivity index (χ2n) is 6.52. The van der Waals surface area contributed by atoms with Crippen LogP contribution in [-0.4, -0.2) is 33.0 Å². The Labute approximate surface area is 175 Å². The number of aryl methyl sites for hydroxylation is 1. The van der Waals surface area contributed by atoms with E-state index in [0.29, 0.717) is 23.3 Å². The smallest absolute Gasteiger partial charge is 0.237 e. The van der Waals surface area contributed by atoms with Crippen LogP contribution in [-0.2, 0) is 11.3 Å². The Morgan fingerprint density at radius 2 is 1.97 bits per heavy atom. The predicted molar refractivity (Wildman–Crippen MR) is 117 cm³/mol. The topological polar surface area (TPSA) is 69.0 Å². The SMILES string of the molecule is C=CCn1c(S[C@@H](C)C(=O)Nc2ccc(C)cc2)nnc1-c1ccccc1OC. The molecule has 0 aliphatic carbocycles. The van der Waals surface area contributed by atoms with E-state index in [0.717, 1.165) is 16.8 Å². The Kier molecular flexibility index (Phi) is 6.72. The Bertz CT molecular complexity index is 998. The fraction of sp³-hybridized carbons (Fsp3) is 0.227. The van der Waals surface area contributed by atoms with Crippen LogP contribution in [0.15, 0.2) is 66.3 Å². The maximum absolute atomic E-state index is 12.6. The van der Waals surface area contributed by atoms with E-state index in [1.807, 2.05) is 66.9 Å². The van der Waals surface area contributed by atoms with Gasteiger partial charge in [-0.1, -0.05) is 47.7 Å². The molecule has 1 aromatic heterocycles. The maximum Gasteiger partial charge on any atom is 0.237 e. The fourth-order valence-electron chi connectivity index (χ4n) is 2.79. The molecule has 0 radical (unpaired) electrons. The number of thioether (sulfide) groups is 1. The Balaban J connectivity index is 1.81. The van der Waals surface area contributed by atoms with E-state index >= 15 is 0 Å². The first-order valence-corrected chi connectivity index (χ1v) is 10.1. The van der Waals surface area contributed by atoms with Gasteiger partial charge in [-0.05, 0) is 38.1 Å². The molecule has 7 heteroatoms. The van der Waals surface area contributed by atoms with Gasteiger partial charge in [-0.25, -0.2) is 0 Å². The van der Waals surface area contributed by atoms with E-state index in [-0.39, 0.29) is 11.2 Å². The van der Waals surface area contributed by atoms with Gasteiger partial charge in [-0.3, -0.25) is 9.36 Å². The zero-order valence-electron chi connectivity index (χ0n) is 16.8. The molecule has 0 fully saturated rings. The summed E-state index contributed by atoms with van der Waals surface area (Å²) in [5, 5.41) is 11.9. The van der Waals surface area contributed by atoms with Gasteiger partial charge < -0.3 is 10.1 Å². The number of hydrogen-bond donors (Lipinski definition) is 1. The molecule has 0 aliphatic heterocycles. The molecule has 1 heterocycles. The average molecular weight is 409 g/mol. The van der Waals surface area contributed by atoms with Gasteiger partial charge in [0.25, 0.3) is 0 Å². The van der Waals surface area contributed by atoms with Gasteiger partial charge in [0.05, 0.1) is 17.9 Å². The number of hydrogen-bond acceptors (Lipinski definition) is 5. The summed E-state index contributed by atoms with van der Waals surface area (Å²) >= 11 is 1.36. The Morgan fingerprint density at radius 3 is 2.66 bits per heavy atom. The normalized spacial score (nSPS) is 11.7. The van der Waals surface area contributed by atoms with Crippen LogP contribution in [0, 0.1) is 6.92 Å². The minimum Gasteiger partial charge on any atom is -0.496 e. The number of ether oxygens (including phenoxy) is 1. The summed E-state index contributed by atoms with van der Waals surface area (Å²) < 4.78 is 7.39. The van der Waals surface area contributed by atoms with E-state index in [1.54, 1.807) is 13.2 Å². The molecule has 6 nitrogen and oxygen atoms in total. The summed E-state index contributed by atoms with van der Waals surface area (Å²) in [6, 6.07) is 15.4. The van der Waals surface area contributed by atoms with Crippen LogP contribution in [0.3, 0.4) is 0 Å². The lowest BCUT2D eigenvalue weighted by atomic mass is 10.2. The second kappa shape index (κ2) is 9.43. The summed E-state index contributed by atoms with van der Waals surface area (Å²) in [4.78, 5) is 12.6. The van der Waals surface area contributed by atoms with E-state index in [9.17, 15) is 4.79 Å². The van der Waals surface area contributed by atoms with Gasteiger partial charge >= 0.3 is 0 Å². The lowest BCUT2D eigenvalue weighted by Crippen LogP contribution is -2.23. The monoisotopic (exact) mass is 408 g/mol. The van der Waals surface area contributed by atoms with Crippen molar-refractivity contribution in [2.45, 2.75) is 30.8 Å². The molecule has 0 aliphatic rings. The van der Waals surface area contributed by atoms with E-state index in [1.165, 1.54) is 11.8 Å². The Morgan fingerprint density at radius 1 is 1.24 bits per heavy atom. The number of allylic oxidation sites excluding steroid dienone is 1. The lowest BCUT2D eigenvalue weighted by Gasteiger charge is -2.14. The molecule has 0 spiro atoms. The third-order valence-corrected chi connectivity index (χ3v) is 5.43.